The van der Waals surface area contributed by atoms with E-state index in [0.29, 0.717) is 34.6 Å². The van der Waals surface area contributed by atoms with E-state index in [1.807, 2.05) is 86.6 Å². The lowest BCUT2D eigenvalue weighted by molar-refractivity contribution is -0.147. The third kappa shape index (κ3) is 6.25. The lowest BCUT2D eigenvalue weighted by Gasteiger charge is -2.30. The molecule has 0 radical (unpaired) electrons. The Morgan fingerprint density at radius 1 is 0.806 bits per heavy atom. The van der Waals surface area contributed by atoms with Gasteiger partial charge < -0.3 is 24.4 Å². The van der Waals surface area contributed by atoms with Crippen LogP contribution in [0.5, 0.6) is 11.5 Å². The normalized spacial score (nSPS) is 13.1. The van der Waals surface area contributed by atoms with Crippen LogP contribution >= 0.6 is 0 Å². The van der Waals surface area contributed by atoms with Crippen molar-refractivity contribution in [2.24, 2.45) is 5.41 Å². The molecule has 0 aliphatic rings. The van der Waals surface area contributed by atoms with Crippen molar-refractivity contribution < 1.29 is 29.2 Å². The summed E-state index contributed by atoms with van der Waals surface area (Å²) in [4.78, 5) is 12.2. The van der Waals surface area contributed by atoms with E-state index in [1.165, 1.54) is 0 Å². The van der Waals surface area contributed by atoms with Gasteiger partial charge in [-0.3, -0.25) is 4.79 Å². The third-order valence-electron chi connectivity index (χ3n) is 6.82. The molecule has 0 bridgehead atoms. The Kier molecular flexibility index (Phi) is 9.13. The smallest absolute Gasteiger partial charge is 0.306 e. The van der Waals surface area contributed by atoms with Gasteiger partial charge in [-0.05, 0) is 59.4 Å². The van der Waals surface area contributed by atoms with E-state index in [4.69, 9.17) is 14.2 Å². The van der Waals surface area contributed by atoms with Gasteiger partial charge in [0.2, 0.25) is 0 Å². The second-order valence-corrected chi connectivity index (χ2v) is 9.35. The number of hydrogen-bond acceptors (Lipinski definition) is 6. The highest BCUT2D eigenvalue weighted by Crippen LogP contribution is 2.38. The van der Waals surface area contributed by atoms with Crippen LogP contribution in [-0.4, -0.2) is 43.6 Å². The largest absolute Gasteiger partial charge is 0.497 e. The minimum atomic E-state index is -1.40. The van der Waals surface area contributed by atoms with Crippen LogP contribution in [0, 0.1) is 5.41 Å². The summed E-state index contributed by atoms with van der Waals surface area (Å²) >= 11 is 0. The predicted octanol–water partition coefficient (Wildman–Crippen LogP) is 4.87. The van der Waals surface area contributed by atoms with Gasteiger partial charge >= 0.3 is 5.97 Å². The van der Waals surface area contributed by atoms with Gasteiger partial charge in [0, 0.05) is 11.8 Å². The first kappa shape index (κ1) is 27.2. The van der Waals surface area contributed by atoms with Gasteiger partial charge in [0.25, 0.3) is 0 Å². The molecule has 6 heteroatoms. The lowest BCUT2D eigenvalue weighted by Crippen LogP contribution is -2.29. The Balaban J connectivity index is 1.80. The molecule has 1 atom stereocenters. The third-order valence-corrected chi connectivity index (χ3v) is 6.82. The number of aliphatic hydroxyl groups excluding tert-OH is 1. The number of aryl methyl sites for hydroxylation is 1. The molecule has 0 fully saturated rings. The van der Waals surface area contributed by atoms with Crippen LogP contribution in [0.25, 0.3) is 0 Å². The van der Waals surface area contributed by atoms with Gasteiger partial charge in [-0.15, -0.1) is 0 Å². The van der Waals surface area contributed by atoms with Crippen LogP contribution in [0.1, 0.15) is 48.9 Å². The molecule has 3 aromatic carbocycles. The fourth-order valence-corrected chi connectivity index (χ4v) is 3.91. The van der Waals surface area contributed by atoms with Crippen molar-refractivity contribution in [1.29, 1.82) is 0 Å². The summed E-state index contributed by atoms with van der Waals surface area (Å²) in [5, 5.41) is 21.6. The molecule has 0 amide bonds. The molecule has 0 heterocycles. The molecule has 192 valence electrons. The average Bonchev–Trinajstić information content (AvgIpc) is 2.94. The number of benzene rings is 3. The standard InChI is InChI=1S/C30H36O6/c1-5-29(2,20-31)21-36-28(32)19-8-22-6-9-23(10-7-22)30(33,24-11-15-26(34-3)16-12-24)25-13-17-27(35-4)18-14-25/h6-7,9-18,31,33H,5,8,19-21H2,1-4H3. The van der Waals surface area contributed by atoms with Crippen LogP contribution < -0.4 is 9.47 Å². The number of esters is 1. The zero-order valence-corrected chi connectivity index (χ0v) is 21.5. The number of carbonyl (C=O) groups excluding carboxylic acids is 1. The second kappa shape index (κ2) is 12.1. The number of hydrogen-bond donors (Lipinski definition) is 2. The van der Waals surface area contributed by atoms with Crippen molar-refractivity contribution >= 4 is 5.97 Å². The lowest BCUT2D eigenvalue weighted by atomic mass is 9.80. The van der Waals surface area contributed by atoms with E-state index >= 15 is 0 Å². The highest BCUT2D eigenvalue weighted by molar-refractivity contribution is 5.69. The SMILES string of the molecule is CCC(C)(CO)COC(=O)CCc1ccc(C(O)(c2ccc(OC)cc2)c2ccc(OC)cc2)cc1. The van der Waals surface area contributed by atoms with Crippen LogP contribution in [0.2, 0.25) is 0 Å². The molecular formula is C30H36O6. The van der Waals surface area contributed by atoms with Crippen molar-refractivity contribution in [2.75, 3.05) is 27.4 Å². The highest BCUT2D eigenvalue weighted by Gasteiger charge is 2.34. The van der Waals surface area contributed by atoms with Crippen molar-refractivity contribution in [3.63, 3.8) is 0 Å². The van der Waals surface area contributed by atoms with Gasteiger partial charge in [-0.25, -0.2) is 0 Å². The van der Waals surface area contributed by atoms with Gasteiger partial charge in [0.1, 0.15) is 17.1 Å². The number of rotatable bonds is 12. The van der Waals surface area contributed by atoms with Crippen LogP contribution in [0.4, 0.5) is 0 Å². The van der Waals surface area contributed by atoms with Crippen LogP contribution in [-0.2, 0) is 21.6 Å². The Labute approximate surface area is 213 Å². The summed E-state index contributed by atoms with van der Waals surface area (Å²) in [7, 11) is 3.21. The number of ether oxygens (including phenoxy) is 3. The summed E-state index contributed by atoms with van der Waals surface area (Å²) in [6.45, 7) is 4.04. The Morgan fingerprint density at radius 2 is 1.25 bits per heavy atom. The molecule has 0 aliphatic heterocycles. The molecule has 3 aromatic rings. The molecule has 0 aromatic heterocycles. The monoisotopic (exact) mass is 492 g/mol. The topological polar surface area (TPSA) is 85.2 Å². The number of aliphatic hydroxyl groups is 2. The maximum absolute atomic E-state index is 12.2. The van der Waals surface area contributed by atoms with E-state index in [2.05, 4.69) is 0 Å². The van der Waals surface area contributed by atoms with Gasteiger partial charge in [-0.2, -0.15) is 0 Å². The number of methoxy groups -OCH3 is 2. The summed E-state index contributed by atoms with van der Waals surface area (Å²) in [6, 6.07) is 22.3. The first-order chi connectivity index (χ1) is 17.3. The Hall–Kier alpha value is -3.35. The maximum atomic E-state index is 12.2. The van der Waals surface area contributed by atoms with Crippen molar-refractivity contribution in [3.8, 4) is 11.5 Å². The summed E-state index contributed by atoms with van der Waals surface area (Å²) in [6.07, 6.45) is 1.49. The predicted molar refractivity (Wildman–Crippen MR) is 139 cm³/mol. The van der Waals surface area contributed by atoms with Crippen molar-refractivity contribution in [2.45, 2.75) is 38.7 Å². The van der Waals surface area contributed by atoms with E-state index in [1.54, 1.807) is 14.2 Å². The minimum absolute atomic E-state index is 0.0243. The fourth-order valence-electron chi connectivity index (χ4n) is 3.91. The van der Waals surface area contributed by atoms with E-state index in [-0.39, 0.29) is 25.6 Å². The molecule has 0 aliphatic carbocycles. The van der Waals surface area contributed by atoms with Crippen molar-refractivity contribution in [1.82, 2.24) is 0 Å². The quantitative estimate of drug-likeness (QED) is 0.277. The van der Waals surface area contributed by atoms with Gasteiger partial charge in [0.05, 0.1) is 27.4 Å². The highest BCUT2D eigenvalue weighted by atomic mass is 16.5. The average molecular weight is 493 g/mol. The molecule has 0 saturated heterocycles. The van der Waals surface area contributed by atoms with E-state index in [0.717, 1.165) is 12.0 Å². The van der Waals surface area contributed by atoms with Crippen LogP contribution in [0.15, 0.2) is 72.8 Å². The molecule has 0 saturated carbocycles. The Morgan fingerprint density at radius 3 is 1.64 bits per heavy atom. The molecule has 2 N–H and O–H groups in total. The minimum Gasteiger partial charge on any atom is -0.497 e. The molecule has 1 unspecified atom stereocenters. The fraction of sp³-hybridized carbons (Fsp3) is 0.367. The van der Waals surface area contributed by atoms with Crippen LogP contribution in [0.3, 0.4) is 0 Å². The van der Waals surface area contributed by atoms with Gasteiger partial charge in [-0.1, -0.05) is 62.4 Å². The first-order valence-corrected chi connectivity index (χ1v) is 12.2. The Bertz CT molecular complexity index is 1050. The van der Waals surface area contributed by atoms with Gasteiger partial charge in [0.15, 0.2) is 0 Å². The molecule has 0 spiro atoms. The van der Waals surface area contributed by atoms with E-state index < -0.39 is 11.0 Å². The van der Waals surface area contributed by atoms with Crippen molar-refractivity contribution in [3.05, 3.63) is 95.1 Å². The maximum Gasteiger partial charge on any atom is 0.306 e. The summed E-state index contributed by atoms with van der Waals surface area (Å²) < 4.78 is 16.0. The zero-order chi connectivity index (χ0) is 26.2. The second-order valence-electron chi connectivity index (χ2n) is 9.35. The first-order valence-electron chi connectivity index (χ1n) is 12.2. The molecule has 3 rings (SSSR count). The zero-order valence-electron chi connectivity index (χ0n) is 21.5. The summed E-state index contributed by atoms with van der Waals surface area (Å²) in [5.41, 5.74) is 1.25. The number of carbonyl (C=O) groups is 1. The molecule has 36 heavy (non-hydrogen) atoms. The molecular weight excluding hydrogens is 456 g/mol. The summed E-state index contributed by atoms with van der Waals surface area (Å²) in [5.74, 6) is 1.12. The van der Waals surface area contributed by atoms with E-state index in [9.17, 15) is 15.0 Å². The molecule has 6 nitrogen and oxygen atoms in total.